The average molecular weight is 401 g/mol. The molecular formula is C22H23N7O. The molecule has 3 aromatic heterocycles. The third-order valence-electron chi connectivity index (χ3n) is 6.31. The first-order chi connectivity index (χ1) is 14.7. The van der Waals surface area contributed by atoms with Crippen LogP contribution in [0.2, 0.25) is 0 Å². The Balaban J connectivity index is 1.43. The van der Waals surface area contributed by atoms with E-state index in [1.54, 1.807) is 23.1 Å². The number of carbonyl (C=O) groups is 1. The molecule has 1 N–H and O–H groups in total. The highest BCUT2D eigenvalue weighted by atomic mass is 16.2. The van der Waals surface area contributed by atoms with Gasteiger partial charge in [0.2, 0.25) is 0 Å². The van der Waals surface area contributed by atoms with E-state index in [-0.39, 0.29) is 18.0 Å². The van der Waals surface area contributed by atoms with Gasteiger partial charge in [0, 0.05) is 55.3 Å². The highest BCUT2D eigenvalue weighted by Crippen LogP contribution is 2.47. The Kier molecular flexibility index (Phi) is 3.87. The molecule has 8 heteroatoms. The van der Waals surface area contributed by atoms with Crippen LogP contribution in [0.25, 0.3) is 11.4 Å². The summed E-state index contributed by atoms with van der Waals surface area (Å²) in [5.41, 5.74) is 3.63. The molecule has 8 nitrogen and oxygen atoms in total. The minimum Gasteiger partial charge on any atom is -0.367 e. The summed E-state index contributed by atoms with van der Waals surface area (Å²) in [4.78, 5) is 29.3. The maximum Gasteiger partial charge on any atom is 0.275 e. The first-order valence-electron chi connectivity index (χ1n) is 10.6. The van der Waals surface area contributed by atoms with E-state index in [4.69, 9.17) is 9.97 Å². The number of amides is 1. The smallest absolute Gasteiger partial charge is 0.275 e. The lowest BCUT2D eigenvalue weighted by atomic mass is 9.97. The zero-order valence-corrected chi connectivity index (χ0v) is 16.8. The first kappa shape index (κ1) is 17.6. The summed E-state index contributed by atoms with van der Waals surface area (Å²) in [5, 5.41) is 7.96. The lowest BCUT2D eigenvalue weighted by molar-refractivity contribution is 0.0638. The molecule has 0 radical (unpaired) electrons. The number of fused-ring (bicyclic) bond motifs is 4. The number of hydrogen-bond donors (Lipinski definition) is 1. The standard InChI is InChI=1S/C22H23N7O/c1-28-11-8-16(27-28)22(30)29-15-4-5-18(29)19-17(12-15)25-20(13-6-9-23-10-7-13)26-21(19)24-14-2-3-14/h6-11,14-15,18H,2-5,12H2,1H3,(H,24,25,26)/t15-,18+/m1/s1. The quantitative estimate of drug-likeness (QED) is 0.723. The maximum absolute atomic E-state index is 13.3. The normalized spacial score (nSPS) is 22.1. The van der Waals surface area contributed by atoms with E-state index in [0.717, 1.165) is 60.6 Å². The average Bonchev–Trinajstić information content (AvgIpc) is 3.38. The van der Waals surface area contributed by atoms with Gasteiger partial charge < -0.3 is 10.2 Å². The van der Waals surface area contributed by atoms with Crippen LogP contribution in [0.4, 0.5) is 5.82 Å². The number of aromatic nitrogens is 5. The van der Waals surface area contributed by atoms with Crippen LogP contribution in [-0.4, -0.2) is 47.6 Å². The van der Waals surface area contributed by atoms with Crippen LogP contribution in [0, 0.1) is 0 Å². The molecule has 3 aliphatic rings. The zero-order valence-electron chi connectivity index (χ0n) is 16.8. The number of aryl methyl sites for hydroxylation is 1. The highest BCUT2D eigenvalue weighted by molar-refractivity contribution is 5.93. The maximum atomic E-state index is 13.3. The third-order valence-corrected chi connectivity index (χ3v) is 6.31. The number of hydrogen-bond acceptors (Lipinski definition) is 6. The van der Waals surface area contributed by atoms with Gasteiger partial charge in [0.1, 0.15) is 11.5 Å². The Morgan fingerprint density at radius 1 is 1.10 bits per heavy atom. The van der Waals surface area contributed by atoms with Gasteiger partial charge in [-0.15, -0.1) is 0 Å². The summed E-state index contributed by atoms with van der Waals surface area (Å²) >= 11 is 0. The van der Waals surface area contributed by atoms with Crippen molar-refractivity contribution in [2.45, 2.75) is 50.2 Å². The molecule has 2 aliphatic heterocycles. The molecule has 152 valence electrons. The predicted octanol–water partition coefficient (Wildman–Crippen LogP) is 2.75. The molecule has 0 unspecified atom stereocenters. The molecule has 6 rings (SSSR count). The van der Waals surface area contributed by atoms with E-state index in [1.165, 1.54) is 0 Å². The Hall–Kier alpha value is -3.29. The fourth-order valence-corrected chi connectivity index (χ4v) is 4.74. The van der Waals surface area contributed by atoms with Crippen molar-refractivity contribution in [3.63, 3.8) is 0 Å². The molecule has 1 amide bonds. The molecule has 1 saturated heterocycles. The molecule has 0 spiro atoms. The van der Waals surface area contributed by atoms with Crippen molar-refractivity contribution in [1.82, 2.24) is 29.6 Å². The minimum absolute atomic E-state index is 0.000922. The van der Waals surface area contributed by atoms with Gasteiger partial charge in [0.05, 0.1) is 11.7 Å². The van der Waals surface area contributed by atoms with Crippen LogP contribution in [-0.2, 0) is 13.5 Å². The van der Waals surface area contributed by atoms with Crippen LogP contribution in [0.5, 0.6) is 0 Å². The van der Waals surface area contributed by atoms with Crippen LogP contribution < -0.4 is 5.32 Å². The van der Waals surface area contributed by atoms with Crippen molar-refractivity contribution < 1.29 is 4.79 Å². The molecule has 1 saturated carbocycles. The van der Waals surface area contributed by atoms with Gasteiger partial charge in [-0.05, 0) is 43.9 Å². The number of nitrogens with one attached hydrogen (secondary N) is 1. The van der Waals surface area contributed by atoms with Crippen molar-refractivity contribution in [3.05, 3.63) is 53.7 Å². The van der Waals surface area contributed by atoms with E-state index in [9.17, 15) is 4.79 Å². The Morgan fingerprint density at radius 2 is 1.93 bits per heavy atom. The van der Waals surface area contributed by atoms with Gasteiger partial charge in [0.15, 0.2) is 5.82 Å². The fourth-order valence-electron chi connectivity index (χ4n) is 4.74. The van der Waals surface area contributed by atoms with E-state index >= 15 is 0 Å². The van der Waals surface area contributed by atoms with Crippen molar-refractivity contribution in [3.8, 4) is 11.4 Å². The van der Waals surface area contributed by atoms with Crippen LogP contribution in [0.15, 0.2) is 36.8 Å². The number of nitrogens with zero attached hydrogens (tertiary/aromatic N) is 6. The molecule has 1 aliphatic carbocycles. The summed E-state index contributed by atoms with van der Waals surface area (Å²) in [6, 6.07) is 6.30. The summed E-state index contributed by atoms with van der Waals surface area (Å²) in [5.74, 6) is 1.62. The highest BCUT2D eigenvalue weighted by Gasteiger charge is 2.46. The van der Waals surface area contributed by atoms with Crippen molar-refractivity contribution in [1.29, 1.82) is 0 Å². The topological polar surface area (TPSA) is 88.8 Å². The number of pyridine rings is 1. The Morgan fingerprint density at radius 3 is 2.67 bits per heavy atom. The van der Waals surface area contributed by atoms with E-state index in [2.05, 4.69) is 15.4 Å². The second-order valence-electron chi connectivity index (χ2n) is 8.45. The minimum atomic E-state index is 0.000922. The number of carbonyl (C=O) groups excluding carboxylic acids is 1. The molecular weight excluding hydrogens is 378 g/mol. The van der Waals surface area contributed by atoms with Crippen molar-refractivity contribution >= 4 is 11.7 Å². The van der Waals surface area contributed by atoms with Crippen LogP contribution in [0.3, 0.4) is 0 Å². The molecule has 2 bridgehead atoms. The lowest BCUT2D eigenvalue weighted by Gasteiger charge is -2.36. The van der Waals surface area contributed by atoms with Gasteiger partial charge in [-0.1, -0.05) is 0 Å². The first-order valence-corrected chi connectivity index (χ1v) is 10.6. The summed E-state index contributed by atoms with van der Waals surface area (Å²) < 4.78 is 1.68. The Bertz CT molecular complexity index is 1120. The van der Waals surface area contributed by atoms with E-state index < -0.39 is 0 Å². The molecule has 5 heterocycles. The van der Waals surface area contributed by atoms with Crippen molar-refractivity contribution in [2.75, 3.05) is 5.32 Å². The molecule has 0 aromatic carbocycles. The largest absolute Gasteiger partial charge is 0.367 e. The fraction of sp³-hybridized carbons (Fsp3) is 0.409. The van der Waals surface area contributed by atoms with E-state index in [1.807, 2.05) is 30.3 Å². The summed E-state index contributed by atoms with van der Waals surface area (Å²) in [6.45, 7) is 0. The van der Waals surface area contributed by atoms with Crippen LogP contribution in [0.1, 0.15) is 53.5 Å². The molecule has 2 atom stereocenters. The number of anilines is 1. The molecule has 30 heavy (non-hydrogen) atoms. The number of rotatable bonds is 4. The van der Waals surface area contributed by atoms with Crippen LogP contribution >= 0.6 is 0 Å². The molecule has 3 aromatic rings. The van der Waals surface area contributed by atoms with E-state index in [0.29, 0.717) is 11.7 Å². The predicted molar refractivity (Wildman–Crippen MR) is 111 cm³/mol. The Labute approximate surface area is 174 Å². The van der Waals surface area contributed by atoms with Gasteiger partial charge in [-0.25, -0.2) is 9.97 Å². The van der Waals surface area contributed by atoms with Crippen molar-refractivity contribution in [2.24, 2.45) is 7.05 Å². The summed E-state index contributed by atoms with van der Waals surface area (Å²) in [6.07, 6.45) is 10.3. The van der Waals surface area contributed by atoms with Gasteiger partial charge in [-0.2, -0.15) is 5.10 Å². The molecule has 2 fully saturated rings. The zero-order chi connectivity index (χ0) is 20.2. The lowest BCUT2D eigenvalue weighted by Crippen LogP contribution is -2.43. The monoisotopic (exact) mass is 401 g/mol. The van der Waals surface area contributed by atoms with Gasteiger partial charge >= 0.3 is 0 Å². The third kappa shape index (κ3) is 2.86. The second kappa shape index (κ2) is 6.62. The SMILES string of the molecule is Cn1ccc(C(=O)N2[C@@H]3CC[C@H]2c2c(nc(-c4ccncc4)nc2NC2CC2)C3)n1. The van der Waals surface area contributed by atoms with Gasteiger partial charge in [-0.3, -0.25) is 14.5 Å². The summed E-state index contributed by atoms with van der Waals surface area (Å²) in [7, 11) is 1.84. The second-order valence-corrected chi connectivity index (χ2v) is 8.45. The van der Waals surface area contributed by atoms with Gasteiger partial charge in [0.25, 0.3) is 5.91 Å².